The Bertz CT molecular complexity index is 1090. The van der Waals surface area contributed by atoms with Crippen LogP contribution in [0.1, 0.15) is 22.5 Å². The van der Waals surface area contributed by atoms with E-state index in [-0.39, 0.29) is 0 Å². The third kappa shape index (κ3) is 2.19. The van der Waals surface area contributed by atoms with E-state index in [9.17, 15) is 0 Å². The van der Waals surface area contributed by atoms with Gasteiger partial charge in [-0.05, 0) is 31.6 Å². The maximum atomic E-state index is 3.99. The van der Waals surface area contributed by atoms with Crippen LogP contribution >= 0.6 is 0 Å². The van der Waals surface area contributed by atoms with E-state index in [1.807, 2.05) is 6.08 Å². The number of para-hydroxylation sites is 2. The second kappa shape index (κ2) is 6.06. The summed E-state index contributed by atoms with van der Waals surface area (Å²) in [6.07, 6.45) is 4.06. The summed E-state index contributed by atoms with van der Waals surface area (Å²) in [6.45, 7) is 8.40. The molecule has 0 bridgehead atoms. The largest absolute Gasteiger partial charge is 0.347 e. The number of fused-ring (bicyclic) bond motifs is 2. The van der Waals surface area contributed by atoms with E-state index in [1.54, 1.807) is 0 Å². The molecule has 26 heavy (non-hydrogen) atoms. The Morgan fingerprint density at radius 3 is 1.62 bits per heavy atom. The molecule has 4 rings (SSSR count). The summed E-state index contributed by atoms with van der Waals surface area (Å²) in [5.41, 5.74) is 8.88. The normalized spacial score (nSPS) is 11.2. The minimum absolute atomic E-state index is 1.24. The third-order valence-corrected chi connectivity index (χ3v) is 5.62. The molecule has 2 heteroatoms. The van der Waals surface area contributed by atoms with Gasteiger partial charge in [0.25, 0.3) is 0 Å². The van der Waals surface area contributed by atoms with E-state index >= 15 is 0 Å². The van der Waals surface area contributed by atoms with Crippen molar-refractivity contribution >= 4 is 27.4 Å². The number of allylic oxidation sites excluding steroid dienone is 2. The summed E-state index contributed by atoms with van der Waals surface area (Å²) in [7, 11) is 4.28. The van der Waals surface area contributed by atoms with Crippen LogP contribution in [0.25, 0.3) is 27.4 Å². The smallest absolute Gasteiger partial charge is 0.0486 e. The van der Waals surface area contributed by atoms with Crippen molar-refractivity contribution in [1.29, 1.82) is 0 Å². The highest BCUT2D eigenvalue weighted by Gasteiger charge is 2.21. The van der Waals surface area contributed by atoms with Crippen molar-refractivity contribution in [2.24, 2.45) is 14.1 Å². The predicted molar refractivity (Wildman–Crippen MR) is 113 cm³/mol. The van der Waals surface area contributed by atoms with Gasteiger partial charge in [0.2, 0.25) is 0 Å². The maximum Gasteiger partial charge on any atom is 0.0486 e. The zero-order valence-electron chi connectivity index (χ0n) is 15.9. The van der Waals surface area contributed by atoms with E-state index in [1.165, 1.54) is 49.9 Å². The van der Waals surface area contributed by atoms with Gasteiger partial charge in [0.15, 0.2) is 0 Å². The number of hydrogen-bond donors (Lipinski definition) is 0. The zero-order valence-corrected chi connectivity index (χ0v) is 15.9. The van der Waals surface area contributed by atoms with Gasteiger partial charge in [0.05, 0.1) is 0 Å². The molecule has 0 spiro atoms. The van der Waals surface area contributed by atoms with Gasteiger partial charge >= 0.3 is 0 Å². The first kappa shape index (κ1) is 16.5. The van der Waals surface area contributed by atoms with Crippen LogP contribution in [0, 0.1) is 13.8 Å². The lowest BCUT2D eigenvalue weighted by molar-refractivity contribution is 0.911. The Morgan fingerprint density at radius 1 is 0.769 bits per heavy atom. The average Bonchev–Trinajstić information content (AvgIpc) is 3.06. The number of hydrogen-bond acceptors (Lipinski definition) is 0. The molecule has 130 valence electrons. The van der Waals surface area contributed by atoms with E-state index in [0.717, 1.165) is 0 Å². The molecule has 0 saturated heterocycles. The average molecular weight is 340 g/mol. The number of aromatic nitrogens is 2. The van der Waals surface area contributed by atoms with Crippen LogP contribution < -0.4 is 0 Å². The minimum Gasteiger partial charge on any atom is -0.347 e. The molecular weight excluding hydrogens is 316 g/mol. The van der Waals surface area contributed by atoms with Crippen LogP contribution in [-0.4, -0.2) is 9.13 Å². The van der Waals surface area contributed by atoms with Gasteiger partial charge in [-0.3, -0.25) is 0 Å². The first-order valence-corrected chi connectivity index (χ1v) is 8.97. The molecule has 0 aliphatic carbocycles. The molecule has 0 N–H and O–H groups in total. The lowest BCUT2D eigenvalue weighted by Gasteiger charge is -2.10. The number of benzene rings is 2. The van der Waals surface area contributed by atoms with Crippen LogP contribution in [0.3, 0.4) is 0 Å². The van der Waals surface area contributed by atoms with Gasteiger partial charge < -0.3 is 9.13 Å². The summed E-state index contributed by atoms with van der Waals surface area (Å²) in [6, 6.07) is 17.3. The van der Waals surface area contributed by atoms with Crippen molar-refractivity contribution in [3.8, 4) is 0 Å². The lowest BCUT2D eigenvalue weighted by Crippen LogP contribution is -1.96. The minimum atomic E-state index is 1.24. The molecule has 0 aliphatic rings. The van der Waals surface area contributed by atoms with Gasteiger partial charge in [-0.15, -0.1) is 0 Å². The molecule has 0 radical (unpaired) electrons. The van der Waals surface area contributed by atoms with Gasteiger partial charge in [0, 0.05) is 58.4 Å². The van der Waals surface area contributed by atoms with E-state index in [0.29, 0.717) is 0 Å². The Balaban J connectivity index is 2.14. The van der Waals surface area contributed by atoms with Crippen LogP contribution in [0.15, 0.2) is 67.3 Å². The number of nitrogens with zero attached hydrogens (tertiary/aromatic N) is 2. The quantitative estimate of drug-likeness (QED) is 0.411. The Hall–Kier alpha value is -3.00. The fourth-order valence-corrected chi connectivity index (χ4v) is 4.13. The summed E-state index contributed by atoms with van der Waals surface area (Å²) in [5, 5.41) is 2.57. The van der Waals surface area contributed by atoms with Gasteiger partial charge in [-0.1, -0.05) is 55.1 Å². The number of rotatable bonds is 3. The highest BCUT2D eigenvalue weighted by molar-refractivity contribution is 6.05. The molecule has 4 aromatic rings. The third-order valence-electron chi connectivity index (χ3n) is 5.62. The van der Waals surface area contributed by atoms with E-state index in [4.69, 9.17) is 0 Å². The Labute approximate surface area is 154 Å². The van der Waals surface area contributed by atoms with Gasteiger partial charge in [-0.25, -0.2) is 0 Å². The van der Waals surface area contributed by atoms with Crippen molar-refractivity contribution in [3.05, 3.63) is 89.8 Å². The van der Waals surface area contributed by atoms with Crippen LogP contribution in [0.2, 0.25) is 0 Å². The van der Waals surface area contributed by atoms with Crippen LogP contribution in [0.4, 0.5) is 0 Å². The molecule has 0 unspecified atom stereocenters. The van der Waals surface area contributed by atoms with Crippen LogP contribution in [-0.2, 0) is 14.1 Å². The van der Waals surface area contributed by atoms with Gasteiger partial charge in [0.1, 0.15) is 0 Å². The predicted octanol–water partition coefficient (Wildman–Crippen LogP) is 5.90. The van der Waals surface area contributed by atoms with Crippen molar-refractivity contribution in [2.75, 3.05) is 0 Å². The summed E-state index contributed by atoms with van der Waals surface area (Å²) in [5.74, 6) is 0. The molecule has 0 saturated carbocycles. The molecule has 2 aromatic carbocycles. The van der Waals surface area contributed by atoms with Crippen LogP contribution in [0.5, 0.6) is 0 Å². The van der Waals surface area contributed by atoms with Crippen molar-refractivity contribution in [1.82, 2.24) is 9.13 Å². The van der Waals surface area contributed by atoms with Crippen molar-refractivity contribution in [2.45, 2.75) is 13.8 Å². The fraction of sp³-hybridized carbons (Fsp3) is 0.167. The molecule has 2 aromatic heterocycles. The highest BCUT2D eigenvalue weighted by Crippen LogP contribution is 2.39. The molecule has 2 heterocycles. The summed E-state index contributed by atoms with van der Waals surface area (Å²) >= 11 is 0. The molecule has 0 aliphatic heterocycles. The highest BCUT2D eigenvalue weighted by atomic mass is 15.0. The zero-order chi connectivity index (χ0) is 18.4. The molecular formula is C24H24N2. The SMILES string of the molecule is C=CC=C(c1c(C)n(C)c2ccccc12)c1c(C)n(C)c2ccccc12. The second-order valence-electron chi connectivity index (χ2n) is 6.89. The van der Waals surface area contributed by atoms with Gasteiger partial charge in [-0.2, -0.15) is 0 Å². The fourth-order valence-electron chi connectivity index (χ4n) is 4.13. The topological polar surface area (TPSA) is 9.86 Å². The Kier molecular flexibility index (Phi) is 3.84. The summed E-state index contributed by atoms with van der Waals surface area (Å²) in [4.78, 5) is 0. The van der Waals surface area contributed by atoms with E-state index in [2.05, 4.69) is 98.3 Å². The maximum absolute atomic E-state index is 3.99. The monoisotopic (exact) mass is 340 g/mol. The Morgan fingerprint density at radius 2 is 1.19 bits per heavy atom. The standard InChI is InChI=1S/C24H24N2/c1-6-11-20(23-16(2)25(4)21-14-9-7-12-18(21)23)24-17(3)26(5)22-15-10-8-13-19(22)24/h6-15H,1H2,2-5H3. The second-order valence-corrected chi connectivity index (χ2v) is 6.89. The van der Waals surface area contributed by atoms with E-state index < -0.39 is 0 Å². The molecule has 0 fully saturated rings. The molecule has 0 atom stereocenters. The lowest BCUT2D eigenvalue weighted by atomic mass is 9.93. The summed E-state index contributed by atoms with van der Waals surface area (Å²) < 4.78 is 4.56. The first-order valence-electron chi connectivity index (χ1n) is 8.97. The first-order chi connectivity index (χ1) is 12.6. The molecule has 2 nitrogen and oxygen atoms in total. The van der Waals surface area contributed by atoms with Crippen molar-refractivity contribution < 1.29 is 0 Å². The molecule has 0 amide bonds. The number of aryl methyl sites for hydroxylation is 2. The van der Waals surface area contributed by atoms with Crippen molar-refractivity contribution in [3.63, 3.8) is 0 Å².